The Bertz CT molecular complexity index is 473. The van der Waals surface area contributed by atoms with Gasteiger partial charge >= 0.3 is 5.97 Å². The van der Waals surface area contributed by atoms with Crippen LogP contribution < -0.4 is 0 Å². The summed E-state index contributed by atoms with van der Waals surface area (Å²) in [6.45, 7) is 0. The van der Waals surface area contributed by atoms with Crippen molar-refractivity contribution in [2.45, 2.75) is 12.5 Å². The number of imide groups is 1. The third-order valence-corrected chi connectivity index (χ3v) is 2.15. The summed E-state index contributed by atoms with van der Waals surface area (Å²) in [5.41, 5.74) is 0.106. The van der Waals surface area contributed by atoms with Gasteiger partial charge in [-0.05, 0) is 12.1 Å². The molecule has 0 bridgehead atoms. The van der Waals surface area contributed by atoms with Gasteiger partial charge in [0.1, 0.15) is 6.10 Å². The summed E-state index contributed by atoms with van der Waals surface area (Å²) in [7, 11) is 0. The van der Waals surface area contributed by atoms with E-state index in [1.54, 1.807) is 0 Å². The lowest BCUT2D eigenvalue weighted by Crippen LogP contribution is -2.34. The summed E-state index contributed by atoms with van der Waals surface area (Å²) < 4.78 is 0. The predicted molar refractivity (Wildman–Crippen MR) is 52.1 cm³/mol. The minimum Gasteiger partial charge on any atom is -0.383 e. The van der Waals surface area contributed by atoms with Crippen molar-refractivity contribution in [2.24, 2.45) is 0 Å². The highest BCUT2D eigenvalue weighted by atomic mass is 16.7. The van der Waals surface area contributed by atoms with E-state index >= 15 is 0 Å². The Morgan fingerprint density at radius 1 is 1.53 bits per heavy atom. The molecule has 0 radical (unpaired) electrons. The molecule has 0 saturated carbocycles. The standard InChI is InChI=1S/C10H8N2O5/c13-7-4-8(14)12(9(7)15)17-10(16)6-2-1-3-11-5-6/h1-3,5,7,13H,4H2. The molecule has 1 aromatic rings. The Balaban J connectivity index is 2.10. The Labute approximate surface area is 95.6 Å². The molecule has 1 aliphatic rings. The normalized spacial score (nSPS) is 19.6. The lowest BCUT2D eigenvalue weighted by molar-refractivity contribution is -0.175. The molecule has 1 aliphatic heterocycles. The van der Waals surface area contributed by atoms with Gasteiger partial charge in [-0.2, -0.15) is 0 Å². The maximum absolute atomic E-state index is 11.5. The molecule has 0 spiro atoms. The van der Waals surface area contributed by atoms with Crippen LogP contribution in [0, 0.1) is 0 Å². The Kier molecular flexibility index (Phi) is 2.84. The van der Waals surface area contributed by atoms with E-state index in [4.69, 9.17) is 5.11 Å². The molecular formula is C10H8N2O5. The number of carbonyl (C=O) groups excluding carboxylic acids is 3. The quantitative estimate of drug-likeness (QED) is 0.680. The number of amides is 2. The molecule has 1 aromatic heterocycles. The van der Waals surface area contributed by atoms with Crippen molar-refractivity contribution in [3.63, 3.8) is 0 Å². The van der Waals surface area contributed by atoms with Crippen LogP contribution in [-0.4, -0.2) is 39.0 Å². The zero-order valence-corrected chi connectivity index (χ0v) is 8.57. The molecule has 1 fully saturated rings. The third kappa shape index (κ3) is 2.13. The molecular weight excluding hydrogens is 228 g/mol. The number of hydrogen-bond donors (Lipinski definition) is 1. The number of pyridine rings is 1. The Hall–Kier alpha value is -2.28. The first-order valence-electron chi connectivity index (χ1n) is 4.77. The van der Waals surface area contributed by atoms with Gasteiger partial charge < -0.3 is 9.94 Å². The minimum atomic E-state index is -1.44. The van der Waals surface area contributed by atoms with E-state index in [2.05, 4.69) is 9.82 Å². The number of hydrogen-bond acceptors (Lipinski definition) is 6. The zero-order chi connectivity index (χ0) is 12.4. The molecule has 1 unspecified atom stereocenters. The fourth-order valence-corrected chi connectivity index (χ4v) is 1.31. The second-order valence-corrected chi connectivity index (χ2v) is 3.37. The third-order valence-electron chi connectivity index (χ3n) is 2.15. The summed E-state index contributed by atoms with van der Waals surface area (Å²) >= 11 is 0. The van der Waals surface area contributed by atoms with E-state index in [0.29, 0.717) is 0 Å². The first-order valence-corrected chi connectivity index (χ1v) is 4.77. The van der Waals surface area contributed by atoms with Gasteiger partial charge in [-0.3, -0.25) is 14.6 Å². The second-order valence-electron chi connectivity index (χ2n) is 3.37. The van der Waals surface area contributed by atoms with Crippen LogP contribution in [0.15, 0.2) is 24.5 Å². The number of aliphatic hydroxyl groups is 1. The molecule has 2 rings (SSSR count). The van der Waals surface area contributed by atoms with Crippen LogP contribution in [0.2, 0.25) is 0 Å². The molecule has 7 heteroatoms. The average Bonchev–Trinajstić information content (AvgIpc) is 2.57. The van der Waals surface area contributed by atoms with E-state index in [9.17, 15) is 14.4 Å². The van der Waals surface area contributed by atoms with Gasteiger partial charge in [0.2, 0.25) is 0 Å². The average molecular weight is 236 g/mol. The number of aromatic nitrogens is 1. The minimum absolute atomic E-state index is 0.106. The molecule has 2 amide bonds. The van der Waals surface area contributed by atoms with Gasteiger partial charge in [-0.25, -0.2) is 4.79 Å². The van der Waals surface area contributed by atoms with E-state index < -0.39 is 23.9 Å². The van der Waals surface area contributed by atoms with Crippen LogP contribution >= 0.6 is 0 Å². The largest absolute Gasteiger partial charge is 0.383 e. The van der Waals surface area contributed by atoms with Crippen LogP contribution in [0.5, 0.6) is 0 Å². The van der Waals surface area contributed by atoms with Crippen molar-refractivity contribution in [1.82, 2.24) is 10.0 Å². The van der Waals surface area contributed by atoms with Crippen molar-refractivity contribution in [2.75, 3.05) is 0 Å². The van der Waals surface area contributed by atoms with Crippen molar-refractivity contribution in [3.8, 4) is 0 Å². The predicted octanol–water partition coefficient (Wildman–Crippen LogP) is -0.727. The topological polar surface area (TPSA) is 96.8 Å². The van der Waals surface area contributed by atoms with Crippen molar-refractivity contribution < 1.29 is 24.3 Å². The van der Waals surface area contributed by atoms with E-state index in [1.165, 1.54) is 24.5 Å². The zero-order valence-electron chi connectivity index (χ0n) is 8.57. The highest BCUT2D eigenvalue weighted by molar-refractivity contribution is 6.05. The van der Waals surface area contributed by atoms with E-state index in [1.807, 2.05) is 0 Å². The fraction of sp³-hybridized carbons (Fsp3) is 0.200. The van der Waals surface area contributed by atoms with Gasteiger partial charge in [0.15, 0.2) is 0 Å². The van der Waals surface area contributed by atoms with E-state index in [0.717, 1.165) is 0 Å². The van der Waals surface area contributed by atoms with Gasteiger partial charge in [0.05, 0.1) is 12.0 Å². The molecule has 1 N–H and O–H groups in total. The first-order chi connectivity index (χ1) is 8.09. The molecule has 1 saturated heterocycles. The maximum atomic E-state index is 11.5. The Morgan fingerprint density at radius 3 is 2.82 bits per heavy atom. The van der Waals surface area contributed by atoms with E-state index in [-0.39, 0.29) is 17.0 Å². The number of nitrogens with zero attached hydrogens (tertiary/aromatic N) is 2. The molecule has 0 aliphatic carbocycles. The molecule has 1 atom stereocenters. The number of aliphatic hydroxyl groups excluding tert-OH is 1. The van der Waals surface area contributed by atoms with Crippen molar-refractivity contribution in [3.05, 3.63) is 30.1 Å². The molecule has 17 heavy (non-hydrogen) atoms. The summed E-state index contributed by atoms with van der Waals surface area (Å²) in [6.07, 6.45) is 0.888. The lowest BCUT2D eigenvalue weighted by atomic mass is 10.3. The van der Waals surface area contributed by atoms with Crippen molar-refractivity contribution >= 4 is 17.8 Å². The van der Waals surface area contributed by atoms with Gasteiger partial charge in [-0.15, -0.1) is 0 Å². The van der Waals surface area contributed by atoms with Gasteiger partial charge in [-0.1, -0.05) is 5.06 Å². The maximum Gasteiger partial charge on any atom is 0.365 e. The molecule has 2 heterocycles. The number of carbonyl (C=O) groups is 3. The lowest BCUT2D eigenvalue weighted by Gasteiger charge is -2.12. The van der Waals surface area contributed by atoms with Crippen LogP contribution in [0.3, 0.4) is 0 Å². The number of hydroxylamine groups is 2. The molecule has 0 aromatic carbocycles. The monoisotopic (exact) mass is 236 g/mol. The Morgan fingerprint density at radius 2 is 2.29 bits per heavy atom. The first kappa shape index (κ1) is 11.2. The molecule has 88 valence electrons. The molecule has 7 nitrogen and oxygen atoms in total. The highest BCUT2D eigenvalue weighted by Gasteiger charge is 2.40. The summed E-state index contributed by atoms with van der Waals surface area (Å²) in [5.74, 6) is -2.57. The van der Waals surface area contributed by atoms with Crippen LogP contribution in [-0.2, 0) is 14.4 Å². The second kappa shape index (κ2) is 4.30. The summed E-state index contributed by atoms with van der Waals surface area (Å²) in [5, 5.41) is 9.38. The smallest absolute Gasteiger partial charge is 0.365 e. The SMILES string of the molecule is O=C(ON1C(=O)CC(O)C1=O)c1cccnc1. The van der Waals surface area contributed by atoms with Crippen molar-refractivity contribution in [1.29, 1.82) is 0 Å². The van der Waals surface area contributed by atoms with Crippen LogP contribution in [0.1, 0.15) is 16.8 Å². The summed E-state index contributed by atoms with van der Waals surface area (Å²) in [6, 6.07) is 2.94. The van der Waals surface area contributed by atoms with Gasteiger partial charge in [0.25, 0.3) is 11.8 Å². The number of rotatable bonds is 2. The van der Waals surface area contributed by atoms with Crippen LogP contribution in [0.25, 0.3) is 0 Å². The van der Waals surface area contributed by atoms with Gasteiger partial charge in [0, 0.05) is 12.4 Å². The van der Waals surface area contributed by atoms with Crippen LogP contribution in [0.4, 0.5) is 0 Å². The fourth-order valence-electron chi connectivity index (χ4n) is 1.31. The summed E-state index contributed by atoms with van der Waals surface area (Å²) in [4.78, 5) is 42.2. The highest BCUT2D eigenvalue weighted by Crippen LogP contribution is 2.14.